The summed E-state index contributed by atoms with van der Waals surface area (Å²) in [6.07, 6.45) is 3.74. The van der Waals surface area contributed by atoms with Gasteiger partial charge in [0, 0.05) is 10.3 Å². The lowest BCUT2D eigenvalue weighted by Crippen LogP contribution is -2.25. The molecule has 0 aliphatic rings. The van der Waals surface area contributed by atoms with Crippen molar-refractivity contribution in [3.63, 3.8) is 0 Å². The fourth-order valence-electron chi connectivity index (χ4n) is 2.25. The molecule has 0 bridgehead atoms. The minimum atomic E-state index is -0.505. The third-order valence-corrected chi connectivity index (χ3v) is 4.82. The lowest BCUT2D eigenvalue weighted by Gasteiger charge is -2.18. The number of hydrogen-bond acceptors (Lipinski definition) is 3. The summed E-state index contributed by atoms with van der Waals surface area (Å²) in [5.74, 6) is 1.57. The highest BCUT2D eigenvalue weighted by atomic mass is 32.2. The fraction of sp³-hybridized carbons (Fsp3) is 0.450. The van der Waals surface area contributed by atoms with Crippen LogP contribution in [0.2, 0.25) is 0 Å². The second kappa shape index (κ2) is 7.87. The molecule has 0 saturated heterocycles. The Hall–Kier alpha value is -1.48. The van der Waals surface area contributed by atoms with Gasteiger partial charge in [-0.2, -0.15) is 0 Å². The Morgan fingerprint density at radius 1 is 1.04 bits per heavy atom. The zero-order chi connectivity index (χ0) is 16.9. The molecule has 0 aromatic heterocycles. The van der Waals surface area contributed by atoms with Crippen LogP contribution in [0.3, 0.4) is 0 Å². The molecule has 0 unspecified atom stereocenters. The summed E-state index contributed by atoms with van der Waals surface area (Å²) in [7, 11) is 0. The fourth-order valence-corrected chi connectivity index (χ4v) is 3.31. The molecule has 2 rings (SSSR count). The molecule has 124 valence electrons. The number of fused-ring (bicyclic) bond motifs is 1. The van der Waals surface area contributed by atoms with Crippen LogP contribution in [0.4, 0.5) is 0 Å². The smallest absolute Gasteiger partial charge is 0.316 e. The second-order valence-electron chi connectivity index (χ2n) is 6.80. The van der Waals surface area contributed by atoms with E-state index in [-0.39, 0.29) is 5.97 Å². The van der Waals surface area contributed by atoms with Crippen LogP contribution >= 0.6 is 11.8 Å². The van der Waals surface area contributed by atoms with Gasteiger partial charge in [-0.15, -0.1) is 11.8 Å². The van der Waals surface area contributed by atoms with Gasteiger partial charge in [-0.1, -0.05) is 44.0 Å². The Balaban J connectivity index is 2.26. The number of thioether (sulfide) groups is 1. The zero-order valence-corrected chi connectivity index (χ0v) is 15.3. The molecule has 0 aliphatic heterocycles. The monoisotopic (exact) mass is 330 g/mol. The summed E-state index contributed by atoms with van der Waals surface area (Å²) in [5, 5.41) is 2.17. The van der Waals surface area contributed by atoms with E-state index in [1.54, 1.807) is 0 Å². The maximum absolute atomic E-state index is 12.2. The number of carbonyl (C=O) groups is 1. The average Bonchev–Trinajstić information content (AvgIpc) is 2.52. The summed E-state index contributed by atoms with van der Waals surface area (Å²) in [5.41, 5.74) is -0.505. The molecule has 2 aromatic rings. The van der Waals surface area contributed by atoms with Crippen molar-refractivity contribution in [2.75, 3.05) is 5.75 Å². The minimum absolute atomic E-state index is 0.203. The van der Waals surface area contributed by atoms with Gasteiger partial charge in [0.2, 0.25) is 0 Å². The van der Waals surface area contributed by atoms with Gasteiger partial charge in [0.15, 0.2) is 0 Å². The van der Waals surface area contributed by atoms with Crippen LogP contribution in [0.5, 0.6) is 5.75 Å². The van der Waals surface area contributed by atoms with Crippen molar-refractivity contribution in [1.82, 2.24) is 0 Å². The van der Waals surface area contributed by atoms with E-state index in [4.69, 9.17) is 4.74 Å². The molecule has 23 heavy (non-hydrogen) atoms. The van der Waals surface area contributed by atoms with Crippen molar-refractivity contribution in [3.05, 3.63) is 36.4 Å². The van der Waals surface area contributed by atoms with E-state index in [0.29, 0.717) is 5.75 Å². The van der Waals surface area contributed by atoms with Gasteiger partial charge in [0.1, 0.15) is 5.75 Å². The molecule has 0 spiro atoms. The van der Waals surface area contributed by atoms with E-state index >= 15 is 0 Å². The molecule has 3 heteroatoms. The van der Waals surface area contributed by atoms with E-state index in [9.17, 15) is 4.79 Å². The van der Waals surface area contributed by atoms with Gasteiger partial charge >= 0.3 is 5.97 Å². The highest BCUT2D eigenvalue weighted by Crippen LogP contribution is 2.35. The van der Waals surface area contributed by atoms with Crippen LogP contribution in [0.15, 0.2) is 41.3 Å². The third kappa shape index (κ3) is 4.74. The normalized spacial score (nSPS) is 11.7. The van der Waals surface area contributed by atoms with Crippen LogP contribution in [0, 0.1) is 5.41 Å². The van der Waals surface area contributed by atoms with Crippen molar-refractivity contribution in [1.29, 1.82) is 0 Å². The SMILES string of the molecule is CCCCCSc1ccc(OC(=O)C(C)(C)C)c2ccccc12. The Morgan fingerprint density at radius 3 is 2.39 bits per heavy atom. The number of rotatable bonds is 6. The second-order valence-corrected chi connectivity index (χ2v) is 7.94. The molecule has 0 heterocycles. The van der Waals surface area contributed by atoms with Crippen molar-refractivity contribution in [3.8, 4) is 5.75 Å². The zero-order valence-electron chi connectivity index (χ0n) is 14.5. The lowest BCUT2D eigenvalue weighted by atomic mass is 9.97. The molecule has 2 aromatic carbocycles. The first-order valence-electron chi connectivity index (χ1n) is 8.30. The largest absolute Gasteiger partial charge is 0.425 e. The number of hydrogen-bond donors (Lipinski definition) is 0. The first-order chi connectivity index (χ1) is 10.9. The van der Waals surface area contributed by atoms with E-state index in [1.807, 2.05) is 56.8 Å². The Kier molecular flexibility index (Phi) is 6.11. The van der Waals surface area contributed by atoms with Crippen molar-refractivity contribution in [2.24, 2.45) is 5.41 Å². The van der Waals surface area contributed by atoms with Crippen molar-refractivity contribution < 1.29 is 9.53 Å². The third-order valence-electron chi connectivity index (χ3n) is 3.66. The minimum Gasteiger partial charge on any atom is -0.425 e. The summed E-state index contributed by atoms with van der Waals surface area (Å²) < 4.78 is 5.64. The maximum Gasteiger partial charge on any atom is 0.316 e. The summed E-state index contributed by atoms with van der Waals surface area (Å²) in [6.45, 7) is 7.83. The molecular formula is C20H26O2S. The van der Waals surface area contributed by atoms with Crippen LogP contribution in [0.25, 0.3) is 10.8 Å². The van der Waals surface area contributed by atoms with Gasteiger partial charge in [0.25, 0.3) is 0 Å². The van der Waals surface area contributed by atoms with Gasteiger partial charge in [-0.3, -0.25) is 4.79 Å². The standard InChI is InChI=1S/C20H26O2S/c1-5-6-9-14-23-18-13-12-17(22-19(21)20(2,3)4)15-10-7-8-11-16(15)18/h7-8,10-13H,5-6,9,14H2,1-4H3. The lowest BCUT2D eigenvalue weighted by molar-refractivity contribution is -0.142. The Bertz CT molecular complexity index is 671. The number of carbonyl (C=O) groups excluding carboxylic acids is 1. The Labute approximate surface area is 143 Å². The van der Waals surface area contributed by atoms with Gasteiger partial charge < -0.3 is 4.74 Å². The molecule has 2 nitrogen and oxygen atoms in total. The van der Waals surface area contributed by atoms with Crippen LogP contribution in [-0.4, -0.2) is 11.7 Å². The molecule has 0 N–H and O–H groups in total. The predicted octanol–water partition coefficient (Wildman–Crippen LogP) is 6.07. The number of ether oxygens (including phenoxy) is 1. The predicted molar refractivity (Wildman–Crippen MR) is 99.3 cm³/mol. The van der Waals surface area contributed by atoms with E-state index in [1.165, 1.54) is 24.2 Å². The van der Waals surface area contributed by atoms with Gasteiger partial charge in [-0.05, 0) is 50.5 Å². The molecule has 0 aliphatic carbocycles. The van der Waals surface area contributed by atoms with E-state index < -0.39 is 5.41 Å². The number of unbranched alkanes of at least 4 members (excludes halogenated alkanes) is 2. The molecule has 0 fully saturated rings. The first-order valence-corrected chi connectivity index (χ1v) is 9.29. The summed E-state index contributed by atoms with van der Waals surface area (Å²) >= 11 is 1.88. The quantitative estimate of drug-likeness (QED) is 0.278. The van der Waals surface area contributed by atoms with E-state index in [0.717, 1.165) is 16.5 Å². The highest BCUT2D eigenvalue weighted by molar-refractivity contribution is 7.99. The number of benzene rings is 2. The van der Waals surface area contributed by atoms with Crippen molar-refractivity contribution >= 4 is 28.5 Å². The maximum atomic E-state index is 12.2. The van der Waals surface area contributed by atoms with Gasteiger partial charge in [-0.25, -0.2) is 0 Å². The molecule has 0 saturated carbocycles. The van der Waals surface area contributed by atoms with E-state index in [2.05, 4.69) is 19.1 Å². The molecule has 0 amide bonds. The molecule has 0 atom stereocenters. The topological polar surface area (TPSA) is 26.3 Å². The van der Waals surface area contributed by atoms with Crippen LogP contribution < -0.4 is 4.74 Å². The Morgan fingerprint density at radius 2 is 1.74 bits per heavy atom. The highest BCUT2D eigenvalue weighted by Gasteiger charge is 2.24. The number of esters is 1. The van der Waals surface area contributed by atoms with Crippen LogP contribution in [-0.2, 0) is 4.79 Å². The average molecular weight is 330 g/mol. The van der Waals surface area contributed by atoms with Gasteiger partial charge in [0.05, 0.1) is 5.41 Å². The van der Waals surface area contributed by atoms with Crippen LogP contribution in [0.1, 0.15) is 47.0 Å². The molecular weight excluding hydrogens is 304 g/mol. The summed E-state index contributed by atoms with van der Waals surface area (Å²) in [4.78, 5) is 13.4. The molecule has 0 radical (unpaired) electrons. The first kappa shape index (κ1) is 17.9. The summed E-state index contributed by atoms with van der Waals surface area (Å²) in [6, 6.07) is 12.1. The van der Waals surface area contributed by atoms with Crippen molar-refractivity contribution in [2.45, 2.75) is 51.9 Å².